The molecule has 0 aliphatic heterocycles. The van der Waals surface area contributed by atoms with Crippen LogP contribution < -0.4 is 0 Å². The van der Waals surface area contributed by atoms with Crippen molar-refractivity contribution in [1.29, 1.82) is 0 Å². The van der Waals surface area contributed by atoms with Crippen molar-refractivity contribution in [2.75, 3.05) is 0 Å². The Hall–Kier alpha value is -3.33. The Morgan fingerprint density at radius 1 is 0.720 bits per heavy atom. The first-order valence-corrected chi connectivity index (χ1v) is 7.79. The molecule has 3 rings (SSSR count). The Kier molecular flexibility index (Phi) is 4.95. The molecule has 0 aliphatic carbocycles. The van der Waals surface area contributed by atoms with Crippen LogP contribution in [0.4, 0.5) is 4.39 Å². The molecule has 0 amide bonds. The molecular weight excluding hydrogens is 315 g/mol. The van der Waals surface area contributed by atoms with Gasteiger partial charge in [0.2, 0.25) is 0 Å². The number of rotatable bonds is 5. The summed E-state index contributed by atoms with van der Waals surface area (Å²) in [6.07, 6.45) is 3.27. The average molecular weight is 330 g/mol. The normalized spacial score (nSPS) is 10.1. The summed E-state index contributed by atoms with van der Waals surface area (Å²) in [4.78, 5) is 22.2. The Balaban J connectivity index is 2.22. The number of benzene rings is 3. The summed E-state index contributed by atoms with van der Waals surface area (Å²) in [5.41, 5.74) is 3.78. The molecule has 3 aromatic carbocycles. The topological polar surface area (TPSA) is 34.1 Å². The van der Waals surface area contributed by atoms with E-state index in [0.29, 0.717) is 16.7 Å². The second kappa shape index (κ2) is 7.49. The van der Waals surface area contributed by atoms with Gasteiger partial charge in [-0.05, 0) is 41.0 Å². The van der Waals surface area contributed by atoms with Crippen molar-refractivity contribution in [3.8, 4) is 0 Å². The van der Waals surface area contributed by atoms with Gasteiger partial charge in [0.15, 0.2) is 0 Å². The lowest BCUT2D eigenvalue weighted by Crippen LogP contribution is -1.93. The largest absolute Gasteiger partial charge is 0.298 e. The van der Waals surface area contributed by atoms with Gasteiger partial charge in [-0.15, -0.1) is 0 Å². The van der Waals surface area contributed by atoms with E-state index in [-0.39, 0.29) is 5.82 Å². The molecule has 2 nitrogen and oxygen atoms in total. The van der Waals surface area contributed by atoms with Crippen LogP contribution in [0.3, 0.4) is 0 Å². The Morgan fingerprint density at radius 3 is 1.80 bits per heavy atom. The van der Waals surface area contributed by atoms with Crippen molar-refractivity contribution in [2.45, 2.75) is 0 Å². The number of halogens is 1. The van der Waals surface area contributed by atoms with Crippen LogP contribution in [0, 0.1) is 5.82 Å². The summed E-state index contributed by atoms with van der Waals surface area (Å²) in [5, 5.41) is 0. The zero-order valence-electron chi connectivity index (χ0n) is 13.4. The van der Waals surface area contributed by atoms with E-state index in [1.807, 2.05) is 12.1 Å². The molecule has 0 heterocycles. The van der Waals surface area contributed by atoms with Gasteiger partial charge in [0.25, 0.3) is 0 Å². The van der Waals surface area contributed by atoms with Crippen molar-refractivity contribution < 1.29 is 14.0 Å². The molecule has 3 heteroatoms. The second-order valence-corrected chi connectivity index (χ2v) is 5.57. The Labute approximate surface area is 145 Å². The summed E-state index contributed by atoms with van der Waals surface area (Å²) in [6, 6.07) is 20.6. The van der Waals surface area contributed by atoms with E-state index in [0.717, 1.165) is 29.3 Å². The molecular formula is C22H15FO2. The maximum atomic E-state index is 14.1. The average Bonchev–Trinajstić information content (AvgIpc) is 2.67. The van der Waals surface area contributed by atoms with Crippen molar-refractivity contribution in [1.82, 2.24) is 0 Å². The van der Waals surface area contributed by atoms with Crippen molar-refractivity contribution in [3.63, 3.8) is 0 Å². The van der Waals surface area contributed by atoms with Gasteiger partial charge in [-0.1, -0.05) is 54.6 Å². The highest BCUT2D eigenvalue weighted by Gasteiger charge is 2.09. The molecule has 122 valence electrons. The van der Waals surface area contributed by atoms with E-state index in [1.54, 1.807) is 60.7 Å². The summed E-state index contributed by atoms with van der Waals surface area (Å²) in [7, 11) is 0. The molecule has 0 atom stereocenters. The van der Waals surface area contributed by atoms with Gasteiger partial charge in [0.05, 0.1) is 0 Å². The van der Waals surface area contributed by atoms with Crippen LogP contribution in [0.2, 0.25) is 0 Å². The van der Waals surface area contributed by atoms with Crippen LogP contribution in [0.1, 0.15) is 37.4 Å². The molecule has 0 radical (unpaired) electrons. The van der Waals surface area contributed by atoms with E-state index in [1.165, 1.54) is 6.07 Å². The van der Waals surface area contributed by atoms with E-state index < -0.39 is 0 Å². The molecule has 0 fully saturated rings. The number of aldehydes is 2. The third-order valence-corrected chi connectivity index (χ3v) is 3.87. The molecule has 0 bridgehead atoms. The molecule has 0 aromatic heterocycles. The van der Waals surface area contributed by atoms with Crippen LogP contribution in [0.5, 0.6) is 0 Å². The maximum Gasteiger partial charge on any atom is 0.150 e. The quantitative estimate of drug-likeness (QED) is 0.485. The molecule has 0 aliphatic rings. The van der Waals surface area contributed by atoms with Crippen molar-refractivity contribution >= 4 is 24.2 Å². The van der Waals surface area contributed by atoms with Gasteiger partial charge in [-0.25, -0.2) is 4.39 Å². The van der Waals surface area contributed by atoms with Crippen LogP contribution in [-0.2, 0) is 0 Å². The molecule has 3 aromatic rings. The highest BCUT2D eigenvalue weighted by molar-refractivity contribution is 5.94. The minimum absolute atomic E-state index is 0.335. The minimum atomic E-state index is -0.335. The van der Waals surface area contributed by atoms with Gasteiger partial charge in [0.1, 0.15) is 18.4 Å². The third kappa shape index (κ3) is 3.78. The molecule has 25 heavy (non-hydrogen) atoms. The van der Waals surface area contributed by atoms with Crippen molar-refractivity contribution in [3.05, 3.63) is 106 Å². The van der Waals surface area contributed by atoms with Crippen LogP contribution in [0.25, 0.3) is 11.6 Å². The number of carbonyl (C=O) groups is 2. The molecule has 0 N–H and O–H groups in total. The Morgan fingerprint density at radius 2 is 1.28 bits per heavy atom. The molecule has 0 spiro atoms. The van der Waals surface area contributed by atoms with E-state index in [9.17, 15) is 14.0 Å². The smallest absolute Gasteiger partial charge is 0.150 e. The minimum Gasteiger partial charge on any atom is -0.298 e. The van der Waals surface area contributed by atoms with Crippen molar-refractivity contribution in [2.24, 2.45) is 0 Å². The monoisotopic (exact) mass is 330 g/mol. The van der Waals surface area contributed by atoms with E-state index in [2.05, 4.69) is 0 Å². The van der Waals surface area contributed by atoms with E-state index >= 15 is 0 Å². The van der Waals surface area contributed by atoms with Crippen LogP contribution in [0.15, 0.2) is 72.8 Å². The first kappa shape index (κ1) is 16.5. The fraction of sp³-hybridized carbons (Fsp3) is 0. The first-order chi connectivity index (χ1) is 12.2. The lowest BCUT2D eigenvalue weighted by atomic mass is 9.93. The molecule has 0 saturated carbocycles. The predicted octanol–water partition coefficient (Wildman–Crippen LogP) is 5.04. The summed E-state index contributed by atoms with van der Waals surface area (Å²) < 4.78 is 14.1. The van der Waals surface area contributed by atoms with Gasteiger partial charge in [-0.2, -0.15) is 0 Å². The fourth-order valence-electron chi connectivity index (χ4n) is 2.64. The first-order valence-electron chi connectivity index (χ1n) is 7.79. The number of hydrogen-bond acceptors (Lipinski definition) is 2. The number of carbonyl (C=O) groups excluding carboxylic acids is 2. The third-order valence-electron chi connectivity index (χ3n) is 3.87. The SMILES string of the molecule is O=Cc1cccc(C(=Cc2ccccc2F)c2cccc(C=O)c2)c1. The maximum absolute atomic E-state index is 14.1. The van der Waals surface area contributed by atoms with Gasteiger partial charge in [-0.3, -0.25) is 9.59 Å². The predicted molar refractivity (Wildman–Crippen MR) is 97.0 cm³/mol. The fourth-order valence-corrected chi connectivity index (χ4v) is 2.64. The lowest BCUT2D eigenvalue weighted by molar-refractivity contribution is 0.111. The van der Waals surface area contributed by atoms with E-state index in [4.69, 9.17) is 0 Å². The lowest BCUT2D eigenvalue weighted by Gasteiger charge is -2.11. The standard InChI is InChI=1S/C22H15FO2/c23-22-10-2-1-7-20(22)13-21(18-8-3-5-16(11-18)14-24)19-9-4-6-17(12-19)15-25/h1-15H. The zero-order chi connectivity index (χ0) is 17.6. The number of hydrogen-bond donors (Lipinski definition) is 0. The van der Waals surface area contributed by atoms with Gasteiger partial charge >= 0.3 is 0 Å². The molecule has 0 saturated heterocycles. The van der Waals surface area contributed by atoms with Gasteiger partial charge < -0.3 is 0 Å². The summed E-state index contributed by atoms with van der Waals surface area (Å²) in [6.45, 7) is 0. The second-order valence-electron chi connectivity index (χ2n) is 5.57. The van der Waals surface area contributed by atoms with Crippen LogP contribution >= 0.6 is 0 Å². The highest BCUT2D eigenvalue weighted by Crippen LogP contribution is 2.28. The highest BCUT2D eigenvalue weighted by atomic mass is 19.1. The Bertz CT molecular complexity index is 904. The molecule has 0 unspecified atom stereocenters. The van der Waals surface area contributed by atoms with Crippen LogP contribution in [-0.4, -0.2) is 12.6 Å². The summed E-state index contributed by atoms with van der Waals surface area (Å²) in [5.74, 6) is -0.335. The van der Waals surface area contributed by atoms with Gasteiger partial charge in [0, 0.05) is 16.7 Å². The summed E-state index contributed by atoms with van der Waals surface area (Å²) >= 11 is 0. The zero-order valence-corrected chi connectivity index (χ0v) is 13.4.